The Morgan fingerprint density at radius 2 is 0.833 bits per heavy atom. The van der Waals surface area contributed by atoms with E-state index in [0.717, 1.165) is 32.7 Å². The normalized spacial score (nSPS) is 11.0. The van der Waals surface area contributed by atoms with Crippen molar-refractivity contribution in [3.8, 4) is 0 Å². The maximum absolute atomic E-state index is 13.4. The Balaban J connectivity index is 1.64. The molecule has 4 aromatic rings. The van der Waals surface area contributed by atoms with Gasteiger partial charge < -0.3 is 4.90 Å². The summed E-state index contributed by atoms with van der Waals surface area (Å²) >= 11 is 3.44. The van der Waals surface area contributed by atoms with Gasteiger partial charge >= 0.3 is 0 Å². The van der Waals surface area contributed by atoms with Crippen LogP contribution in [0.3, 0.4) is 0 Å². The number of rotatable bonds is 5. The molecular formula is C26H18BrF2N. The molecule has 4 heteroatoms. The Hall–Kier alpha value is -3.24. The lowest BCUT2D eigenvalue weighted by atomic mass is 10.1. The van der Waals surface area contributed by atoms with E-state index in [1.165, 1.54) is 24.3 Å². The summed E-state index contributed by atoms with van der Waals surface area (Å²) in [5, 5.41) is 0. The van der Waals surface area contributed by atoms with Crippen LogP contribution in [0.2, 0.25) is 0 Å². The van der Waals surface area contributed by atoms with Gasteiger partial charge in [0.05, 0.1) is 0 Å². The fourth-order valence-electron chi connectivity index (χ4n) is 3.13. The zero-order chi connectivity index (χ0) is 20.9. The highest BCUT2D eigenvalue weighted by Crippen LogP contribution is 2.34. The smallest absolute Gasteiger partial charge is 0.123 e. The maximum Gasteiger partial charge on any atom is 0.123 e. The average Bonchev–Trinajstić information content (AvgIpc) is 2.77. The third-order valence-corrected chi connectivity index (χ3v) is 5.19. The third kappa shape index (κ3) is 4.84. The molecule has 148 valence electrons. The van der Waals surface area contributed by atoms with E-state index in [9.17, 15) is 8.78 Å². The minimum absolute atomic E-state index is 0.300. The standard InChI is InChI=1S/C26H18BrF2N/c27-21-7-3-19(4-8-21)1-2-20-5-13-24(14-6-20)30(25-15-9-22(28)10-16-25)26-17-11-23(29)12-18-26/h1-18H/b2-1+. The molecule has 0 radical (unpaired) electrons. The summed E-state index contributed by atoms with van der Waals surface area (Å²) in [5.41, 5.74) is 4.65. The van der Waals surface area contributed by atoms with Gasteiger partial charge in [0, 0.05) is 21.5 Å². The zero-order valence-electron chi connectivity index (χ0n) is 16.0. The van der Waals surface area contributed by atoms with Gasteiger partial charge in [0.1, 0.15) is 11.6 Å². The van der Waals surface area contributed by atoms with E-state index in [1.54, 1.807) is 24.3 Å². The molecule has 0 spiro atoms. The molecule has 4 rings (SSSR count). The van der Waals surface area contributed by atoms with Crippen LogP contribution in [-0.2, 0) is 0 Å². The Labute approximate surface area is 183 Å². The number of halogens is 3. The number of hydrogen-bond acceptors (Lipinski definition) is 1. The van der Waals surface area contributed by atoms with E-state index in [0.29, 0.717) is 0 Å². The van der Waals surface area contributed by atoms with E-state index in [-0.39, 0.29) is 11.6 Å². The number of hydrogen-bond donors (Lipinski definition) is 0. The van der Waals surface area contributed by atoms with E-state index >= 15 is 0 Å². The second-order valence-corrected chi connectivity index (χ2v) is 7.68. The average molecular weight is 462 g/mol. The second kappa shape index (κ2) is 9.06. The van der Waals surface area contributed by atoms with E-state index in [2.05, 4.69) is 22.0 Å². The lowest BCUT2D eigenvalue weighted by molar-refractivity contribution is 0.628. The molecule has 0 unspecified atom stereocenters. The molecule has 4 aromatic carbocycles. The summed E-state index contributed by atoms with van der Waals surface area (Å²) in [6, 6.07) is 28.6. The topological polar surface area (TPSA) is 3.24 Å². The first-order valence-electron chi connectivity index (χ1n) is 9.43. The van der Waals surface area contributed by atoms with E-state index < -0.39 is 0 Å². The first kappa shape index (κ1) is 20.0. The van der Waals surface area contributed by atoms with Crippen LogP contribution in [0.5, 0.6) is 0 Å². The molecule has 0 atom stereocenters. The van der Waals surface area contributed by atoms with E-state index in [1.807, 2.05) is 59.5 Å². The van der Waals surface area contributed by atoms with Crippen molar-refractivity contribution in [1.82, 2.24) is 0 Å². The van der Waals surface area contributed by atoms with Gasteiger partial charge in [-0.05, 0) is 83.9 Å². The summed E-state index contributed by atoms with van der Waals surface area (Å²) in [7, 11) is 0. The number of benzene rings is 4. The monoisotopic (exact) mass is 461 g/mol. The lowest BCUT2D eigenvalue weighted by Gasteiger charge is -2.25. The Kier molecular flexibility index (Phi) is 6.05. The predicted octanol–water partition coefficient (Wildman–Crippen LogP) is 8.37. The highest BCUT2D eigenvalue weighted by molar-refractivity contribution is 9.10. The van der Waals surface area contributed by atoms with Crippen molar-refractivity contribution in [2.24, 2.45) is 0 Å². The molecule has 0 aliphatic heterocycles. The van der Waals surface area contributed by atoms with Crippen LogP contribution in [-0.4, -0.2) is 0 Å². The minimum atomic E-state index is -0.300. The molecule has 0 fully saturated rings. The van der Waals surface area contributed by atoms with Crippen LogP contribution in [0.25, 0.3) is 12.2 Å². The molecule has 0 heterocycles. The molecule has 0 aliphatic carbocycles. The molecule has 0 N–H and O–H groups in total. The molecule has 30 heavy (non-hydrogen) atoms. The zero-order valence-corrected chi connectivity index (χ0v) is 17.6. The van der Waals surface area contributed by atoms with Crippen molar-refractivity contribution >= 4 is 45.1 Å². The molecule has 0 amide bonds. The lowest BCUT2D eigenvalue weighted by Crippen LogP contribution is -2.09. The third-order valence-electron chi connectivity index (χ3n) is 4.66. The van der Waals surface area contributed by atoms with Crippen molar-refractivity contribution in [2.45, 2.75) is 0 Å². The number of nitrogens with zero attached hydrogens (tertiary/aromatic N) is 1. The minimum Gasteiger partial charge on any atom is -0.310 e. The largest absolute Gasteiger partial charge is 0.310 e. The molecule has 0 saturated heterocycles. The SMILES string of the molecule is Fc1ccc(N(c2ccc(F)cc2)c2ccc(/C=C/c3ccc(Br)cc3)cc2)cc1. The predicted molar refractivity (Wildman–Crippen MR) is 124 cm³/mol. The van der Waals surface area contributed by atoms with Crippen molar-refractivity contribution in [3.63, 3.8) is 0 Å². The molecule has 0 saturated carbocycles. The van der Waals surface area contributed by atoms with Gasteiger partial charge in [-0.25, -0.2) is 8.78 Å². The van der Waals surface area contributed by atoms with Gasteiger partial charge in [-0.15, -0.1) is 0 Å². The Morgan fingerprint density at radius 1 is 0.500 bits per heavy atom. The number of anilines is 3. The first-order chi connectivity index (χ1) is 14.6. The Bertz CT molecular complexity index is 1090. The summed E-state index contributed by atoms with van der Waals surface area (Å²) < 4.78 is 27.9. The summed E-state index contributed by atoms with van der Waals surface area (Å²) in [6.45, 7) is 0. The summed E-state index contributed by atoms with van der Waals surface area (Å²) in [4.78, 5) is 1.96. The molecule has 0 aromatic heterocycles. The summed E-state index contributed by atoms with van der Waals surface area (Å²) in [6.07, 6.45) is 4.10. The van der Waals surface area contributed by atoms with Crippen molar-refractivity contribution < 1.29 is 8.78 Å². The fraction of sp³-hybridized carbons (Fsp3) is 0. The van der Waals surface area contributed by atoms with Gasteiger partial charge in [-0.2, -0.15) is 0 Å². The molecule has 0 aliphatic rings. The van der Waals surface area contributed by atoms with Crippen LogP contribution in [0.4, 0.5) is 25.8 Å². The fourth-order valence-corrected chi connectivity index (χ4v) is 3.39. The highest BCUT2D eigenvalue weighted by Gasteiger charge is 2.12. The Morgan fingerprint density at radius 3 is 1.23 bits per heavy atom. The molecule has 1 nitrogen and oxygen atoms in total. The molecular weight excluding hydrogens is 444 g/mol. The van der Waals surface area contributed by atoms with Crippen molar-refractivity contribution in [2.75, 3.05) is 4.90 Å². The van der Waals surface area contributed by atoms with Gasteiger partial charge in [-0.1, -0.05) is 52.3 Å². The quantitative estimate of drug-likeness (QED) is 0.269. The van der Waals surface area contributed by atoms with Gasteiger partial charge in [0.25, 0.3) is 0 Å². The van der Waals surface area contributed by atoms with Crippen LogP contribution in [0.15, 0.2) is 102 Å². The molecule has 0 bridgehead atoms. The van der Waals surface area contributed by atoms with Crippen molar-refractivity contribution in [1.29, 1.82) is 0 Å². The van der Waals surface area contributed by atoms with Crippen LogP contribution in [0, 0.1) is 11.6 Å². The van der Waals surface area contributed by atoms with E-state index in [4.69, 9.17) is 0 Å². The first-order valence-corrected chi connectivity index (χ1v) is 10.2. The van der Waals surface area contributed by atoms with Gasteiger partial charge in [-0.3, -0.25) is 0 Å². The van der Waals surface area contributed by atoms with Crippen molar-refractivity contribution in [3.05, 3.63) is 124 Å². The highest BCUT2D eigenvalue weighted by atomic mass is 79.9. The van der Waals surface area contributed by atoms with Gasteiger partial charge in [0.2, 0.25) is 0 Å². The van der Waals surface area contributed by atoms with Crippen LogP contribution in [0.1, 0.15) is 11.1 Å². The summed E-state index contributed by atoms with van der Waals surface area (Å²) in [5.74, 6) is -0.600. The van der Waals surface area contributed by atoms with Crippen LogP contribution < -0.4 is 4.90 Å². The second-order valence-electron chi connectivity index (χ2n) is 6.76. The maximum atomic E-state index is 13.4. The van der Waals surface area contributed by atoms with Gasteiger partial charge in [0.15, 0.2) is 0 Å². The van der Waals surface area contributed by atoms with Crippen LogP contribution >= 0.6 is 15.9 Å².